The van der Waals surface area contributed by atoms with Crippen LogP contribution >= 0.6 is 0 Å². The van der Waals surface area contributed by atoms with Gasteiger partial charge in [-0.15, -0.1) is 0 Å². The van der Waals surface area contributed by atoms with Crippen molar-refractivity contribution >= 4 is 11.9 Å². The molecule has 7 heteroatoms. The monoisotopic (exact) mass is 401 g/mol. The van der Waals surface area contributed by atoms with Crippen molar-refractivity contribution < 1.29 is 9.53 Å². The highest BCUT2D eigenvalue weighted by Crippen LogP contribution is 2.17. The predicted octanol–water partition coefficient (Wildman–Crippen LogP) is 1.63. The summed E-state index contributed by atoms with van der Waals surface area (Å²) in [7, 11) is 1.76. The molecular weight excluding hydrogens is 366 g/mol. The number of amides is 1. The molecule has 2 aliphatic rings. The maximum Gasteiger partial charge on any atom is 0.221 e. The van der Waals surface area contributed by atoms with Gasteiger partial charge < -0.3 is 20.7 Å². The van der Waals surface area contributed by atoms with Gasteiger partial charge in [-0.05, 0) is 24.0 Å². The maximum absolute atomic E-state index is 12.1. The Labute approximate surface area is 174 Å². The van der Waals surface area contributed by atoms with E-state index in [0.717, 1.165) is 51.6 Å². The first-order chi connectivity index (χ1) is 14.2. The number of hydrogen-bond donors (Lipinski definition) is 3. The van der Waals surface area contributed by atoms with E-state index < -0.39 is 0 Å². The molecule has 3 rings (SSSR count). The second kappa shape index (κ2) is 11.8. The summed E-state index contributed by atoms with van der Waals surface area (Å²) >= 11 is 0. The minimum atomic E-state index is 0.121. The number of nitrogens with zero attached hydrogens (tertiary/aromatic N) is 2. The molecule has 0 radical (unpaired) electrons. The van der Waals surface area contributed by atoms with Crippen LogP contribution in [0, 0.1) is 0 Å². The summed E-state index contributed by atoms with van der Waals surface area (Å²) in [5.41, 5.74) is 2.59. The number of hydrogen-bond acceptors (Lipinski definition) is 4. The molecule has 3 N–H and O–H groups in total. The number of carbonyl (C=O) groups excluding carboxylic acids is 1. The topological polar surface area (TPSA) is 78.0 Å². The summed E-state index contributed by atoms with van der Waals surface area (Å²) in [6, 6.07) is 8.89. The Kier molecular flexibility index (Phi) is 8.77. The Hall–Kier alpha value is -2.12. The van der Waals surface area contributed by atoms with Crippen LogP contribution in [0.1, 0.15) is 43.2 Å². The summed E-state index contributed by atoms with van der Waals surface area (Å²) in [6.07, 6.45) is 5.16. The van der Waals surface area contributed by atoms with Gasteiger partial charge >= 0.3 is 0 Å². The van der Waals surface area contributed by atoms with Crippen LogP contribution in [0.2, 0.25) is 0 Å². The number of guanidine groups is 1. The SMILES string of the molecule is CN=C(NCCC(=O)NC1CCCC1)NCc1ccccc1CN1CCOCC1. The van der Waals surface area contributed by atoms with E-state index in [1.54, 1.807) is 7.05 Å². The van der Waals surface area contributed by atoms with E-state index in [9.17, 15) is 4.79 Å². The fourth-order valence-electron chi connectivity index (χ4n) is 3.95. The Bertz CT molecular complexity index is 667. The molecule has 1 aliphatic heterocycles. The third-order valence-electron chi connectivity index (χ3n) is 5.65. The normalized spacial score (nSPS) is 18.6. The smallest absolute Gasteiger partial charge is 0.221 e. The third kappa shape index (κ3) is 7.33. The Balaban J connectivity index is 1.41. The molecule has 1 saturated carbocycles. The fraction of sp³-hybridized carbons (Fsp3) is 0.636. The molecule has 1 amide bonds. The molecule has 1 saturated heterocycles. The van der Waals surface area contributed by atoms with Gasteiger partial charge in [-0.2, -0.15) is 0 Å². The molecule has 2 fully saturated rings. The van der Waals surface area contributed by atoms with Gasteiger partial charge in [0.05, 0.1) is 13.2 Å². The molecule has 0 aromatic heterocycles. The average molecular weight is 402 g/mol. The van der Waals surface area contributed by atoms with E-state index >= 15 is 0 Å². The average Bonchev–Trinajstić information content (AvgIpc) is 3.25. The molecule has 0 unspecified atom stereocenters. The molecule has 0 bridgehead atoms. The Morgan fingerprint density at radius 2 is 1.86 bits per heavy atom. The van der Waals surface area contributed by atoms with E-state index in [4.69, 9.17) is 4.74 Å². The van der Waals surface area contributed by atoms with Crippen molar-refractivity contribution in [3.63, 3.8) is 0 Å². The molecule has 1 heterocycles. The lowest BCUT2D eigenvalue weighted by Gasteiger charge is -2.27. The van der Waals surface area contributed by atoms with Crippen LogP contribution in [0.5, 0.6) is 0 Å². The van der Waals surface area contributed by atoms with Gasteiger partial charge in [0.25, 0.3) is 0 Å². The molecule has 0 spiro atoms. The lowest BCUT2D eigenvalue weighted by atomic mass is 10.1. The van der Waals surface area contributed by atoms with Crippen LogP contribution in [0.3, 0.4) is 0 Å². The lowest BCUT2D eigenvalue weighted by molar-refractivity contribution is -0.121. The van der Waals surface area contributed by atoms with Crippen molar-refractivity contribution in [3.05, 3.63) is 35.4 Å². The van der Waals surface area contributed by atoms with Crippen LogP contribution in [-0.2, 0) is 22.6 Å². The summed E-state index contributed by atoms with van der Waals surface area (Å²) in [4.78, 5) is 18.8. The van der Waals surface area contributed by atoms with Crippen molar-refractivity contribution in [2.24, 2.45) is 4.99 Å². The number of nitrogens with one attached hydrogen (secondary N) is 3. The second-order valence-corrected chi connectivity index (χ2v) is 7.81. The highest BCUT2D eigenvalue weighted by molar-refractivity contribution is 5.81. The minimum absolute atomic E-state index is 0.121. The number of benzene rings is 1. The number of rotatable bonds is 8. The number of carbonyl (C=O) groups is 1. The molecular formula is C22H35N5O2. The zero-order chi connectivity index (χ0) is 20.3. The molecule has 29 heavy (non-hydrogen) atoms. The van der Waals surface area contributed by atoms with E-state index in [0.29, 0.717) is 25.6 Å². The Morgan fingerprint density at radius 3 is 2.59 bits per heavy atom. The van der Waals surface area contributed by atoms with Crippen molar-refractivity contribution in [2.75, 3.05) is 39.9 Å². The number of morpholine rings is 1. The highest BCUT2D eigenvalue weighted by Gasteiger charge is 2.17. The van der Waals surface area contributed by atoms with E-state index in [2.05, 4.69) is 50.1 Å². The van der Waals surface area contributed by atoms with Crippen molar-refractivity contribution in [2.45, 2.75) is 51.2 Å². The largest absolute Gasteiger partial charge is 0.379 e. The van der Waals surface area contributed by atoms with Crippen LogP contribution in [0.15, 0.2) is 29.3 Å². The van der Waals surface area contributed by atoms with Gasteiger partial charge in [-0.3, -0.25) is 14.7 Å². The summed E-state index contributed by atoms with van der Waals surface area (Å²) < 4.78 is 5.45. The highest BCUT2D eigenvalue weighted by atomic mass is 16.5. The minimum Gasteiger partial charge on any atom is -0.379 e. The van der Waals surface area contributed by atoms with E-state index in [-0.39, 0.29) is 5.91 Å². The Morgan fingerprint density at radius 1 is 1.14 bits per heavy atom. The summed E-state index contributed by atoms with van der Waals surface area (Å²) in [5.74, 6) is 0.843. The first-order valence-electron chi connectivity index (χ1n) is 10.9. The number of ether oxygens (including phenoxy) is 1. The number of aliphatic imine (C=N–C) groups is 1. The van der Waals surface area contributed by atoms with Gasteiger partial charge in [0.2, 0.25) is 5.91 Å². The van der Waals surface area contributed by atoms with Crippen LogP contribution in [0.4, 0.5) is 0 Å². The van der Waals surface area contributed by atoms with Gasteiger partial charge in [0, 0.05) is 52.2 Å². The molecule has 0 atom stereocenters. The molecule has 1 aromatic rings. The van der Waals surface area contributed by atoms with Gasteiger partial charge in [0.1, 0.15) is 0 Å². The summed E-state index contributed by atoms with van der Waals surface area (Å²) in [6.45, 7) is 5.80. The molecule has 7 nitrogen and oxygen atoms in total. The lowest BCUT2D eigenvalue weighted by Crippen LogP contribution is -2.40. The maximum atomic E-state index is 12.1. The van der Waals surface area contributed by atoms with Crippen molar-refractivity contribution in [3.8, 4) is 0 Å². The zero-order valence-corrected chi connectivity index (χ0v) is 17.6. The van der Waals surface area contributed by atoms with E-state index in [1.165, 1.54) is 24.0 Å². The van der Waals surface area contributed by atoms with Crippen LogP contribution in [0.25, 0.3) is 0 Å². The zero-order valence-electron chi connectivity index (χ0n) is 17.6. The predicted molar refractivity (Wildman–Crippen MR) is 116 cm³/mol. The van der Waals surface area contributed by atoms with Gasteiger partial charge in [-0.1, -0.05) is 37.1 Å². The first-order valence-corrected chi connectivity index (χ1v) is 10.9. The third-order valence-corrected chi connectivity index (χ3v) is 5.65. The van der Waals surface area contributed by atoms with Crippen LogP contribution in [-0.4, -0.2) is 62.7 Å². The van der Waals surface area contributed by atoms with Gasteiger partial charge in [0.15, 0.2) is 5.96 Å². The van der Waals surface area contributed by atoms with Crippen LogP contribution < -0.4 is 16.0 Å². The molecule has 1 aliphatic carbocycles. The van der Waals surface area contributed by atoms with Crippen molar-refractivity contribution in [1.29, 1.82) is 0 Å². The molecule has 160 valence electrons. The van der Waals surface area contributed by atoms with Crippen molar-refractivity contribution in [1.82, 2.24) is 20.9 Å². The fourth-order valence-corrected chi connectivity index (χ4v) is 3.95. The first kappa shape index (κ1) is 21.6. The van der Waals surface area contributed by atoms with E-state index in [1.807, 2.05) is 0 Å². The molecule has 1 aromatic carbocycles. The van der Waals surface area contributed by atoms with Gasteiger partial charge in [-0.25, -0.2) is 0 Å². The quantitative estimate of drug-likeness (QED) is 0.456. The summed E-state index contributed by atoms with van der Waals surface area (Å²) in [5, 5.41) is 9.74. The second-order valence-electron chi connectivity index (χ2n) is 7.81. The standard InChI is InChI=1S/C22H35N5O2/c1-23-22(24-11-10-21(28)26-20-8-4-5-9-20)25-16-18-6-2-3-7-19(18)17-27-12-14-29-15-13-27/h2-3,6-7,20H,4-5,8-17H2,1H3,(H,26,28)(H2,23,24,25).